The monoisotopic (exact) mass is 281 g/mol. The Morgan fingerprint density at radius 1 is 1.40 bits per heavy atom. The highest BCUT2D eigenvalue weighted by Gasteiger charge is 2.61. The summed E-state index contributed by atoms with van der Waals surface area (Å²) in [5.41, 5.74) is -0.436. The number of aliphatic hydroxyl groups is 1. The average Bonchev–Trinajstić information content (AvgIpc) is 2.23. The van der Waals surface area contributed by atoms with E-state index in [1.54, 1.807) is 0 Å². The van der Waals surface area contributed by atoms with E-state index in [0.29, 0.717) is 5.92 Å². The fraction of sp³-hybridized carbons (Fsp3) is 0.875. The molecule has 0 spiro atoms. The second kappa shape index (κ2) is 4.55. The smallest absolute Gasteiger partial charge is 0.328 e. The third kappa shape index (κ3) is 2.62. The maximum absolute atomic E-state index is 11.7. The van der Waals surface area contributed by atoms with Crippen LogP contribution in [0.2, 0.25) is 0 Å². The Kier molecular flexibility index (Phi) is 3.52. The summed E-state index contributed by atoms with van der Waals surface area (Å²) in [6.07, 6.45) is 1.85. The number of nitrogens with zero attached hydrogens (tertiary/aromatic N) is 1. The molecule has 2 bridgehead atoms. The number of carbonyl (C=O) groups is 1. The lowest BCUT2D eigenvalue weighted by atomic mass is 9.44. The van der Waals surface area contributed by atoms with Crippen molar-refractivity contribution in [3.05, 3.63) is 0 Å². The molecule has 0 amide bonds. The van der Waals surface area contributed by atoms with Gasteiger partial charge in [-0.25, -0.2) is 0 Å². The van der Waals surface area contributed by atoms with Crippen molar-refractivity contribution in [3.8, 4) is 0 Å². The Morgan fingerprint density at radius 3 is 2.45 bits per heavy atom. The van der Waals surface area contributed by atoms with Crippen molar-refractivity contribution in [1.29, 1.82) is 0 Å². The Labute approximate surface area is 121 Å². The van der Waals surface area contributed by atoms with E-state index in [-0.39, 0.29) is 23.8 Å². The third-order valence-electron chi connectivity index (χ3n) is 4.99. The molecular weight excluding hydrogens is 254 g/mol. The molecular formula is C16H27NO3. The fourth-order valence-electron chi connectivity index (χ4n) is 3.72. The van der Waals surface area contributed by atoms with Gasteiger partial charge in [-0.15, -0.1) is 0 Å². The van der Waals surface area contributed by atoms with Crippen molar-refractivity contribution in [3.63, 3.8) is 0 Å². The van der Waals surface area contributed by atoms with Gasteiger partial charge in [0.1, 0.15) is 17.7 Å². The summed E-state index contributed by atoms with van der Waals surface area (Å²) in [6, 6.07) is 0. The van der Waals surface area contributed by atoms with Crippen LogP contribution in [0.5, 0.6) is 0 Å². The summed E-state index contributed by atoms with van der Waals surface area (Å²) >= 11 is 0. The highest BCUT2D eigenvalue weighted by molar-refractivity contribution is 5.95. The molecule has 0 heterocycles. The van der Waals surface area contributed by atoms with Crippen molar-refractivity contribution in [2.75, 3.05) is 6.54 Å². The zero-order valence-corrected chi connectivity index (χ0v) is 13.5. The molecule has 1 N–H and O–H groups in total. The quantitative estimate of drug-likeness (QED) is 0.791. The number of hydrogen-bond donors (Lipinski definition) is 1. The maximum atomic E-state index is 11.7. The lowest BCUT2D eigenvalue weighted by Crippen LogP contribution is -2.64. The fourth-order valence-corrected chi connectivity index (χ4v) is 3.72. The van der Waals surface area contributed by atoms with Crippen LogP contribution >= 0.6 is 0 Å². The Balaban J connectivity index is 2.04. The van der Waals surface area contributed by atoms with Crippen LogP contribution in [0.4, 0.5) is 0 Å². The number of rotatable bonds is 2. The molecule has 3 rings (SSSR count). The van der Waals surface area contributed by atoms with Crippen LogP contribution in [0.1, 0.15) is 54.4 Å². The van der Waals surface area contributed by atoms with Crippen molar-refractivity contribution in [2.45, 2.75) is 65.6 Å². The van der Waals surface area contributed by atoms with Gasteiger partial charge < -0.3 is 9.84 Å². The van der Waals surface area contributed by atoms with Crippen LogP contribution in [0.25, 0.3) is 0 Å². The Morgan fingerprint density at radius 2 is 2.00 bits per heavy atom. The molecule has 3 saturated carbocycles. The first-order valence-electron chi connectivity index (χ1n) is 7.42. The second-order valence-electron chi connectivity index (χ2n) is 8.01. The molecule has 0 aromatic heterocycles. The van der Waals surface area contributed by atoms with E-state index in [2.05, 4.69) is 18.8 Å². The predicted octanol–water partition coefficient (Wildman–Crippen LogP) is 2.59. The van der Waals surface area contributed by atoms with Gasteiger partial charge in [-0.3, -0.25) is 9.79 Å². The van der Waals surface area contributed by atoms with Gasteiger partial charge in [0.15, 0.2) is 0 Å². The minimum absolute atomic E-state index is 0.00260. The highest BCUT2D eigenvalue weighted by atomic mass is 16.6. The van der Waals surface area contributed by atoms with Gasteiger partial charge in [-0.05, 0) is 57.8 Å². The Hall–Kier alpha value is -0.900. The number of esters is 1. The van der Waals surface area contributed by atoms with Gasteiger partial charge in [0, 0.05) is 5.71 Å². The van der Waals surface area contributed by atoms with E-state index in [0.717, 1.165) is 18.6 Å². The third-order valence-corrected chi connectivity index (χ3v) is 4.99. The molecule has 0 saturated heterocycles. The molecule has 3 aliphatic carbocycles. The standard InChI is InChI=1S/C16H27NO3/c1-14(2,3)20-13(18)9-17-12-8-10-7-11(15(10,4)5)16(12,6)19/h10-11,19H,7-9H2,1-6H3/b17-12-/t10?,11?,16-/m1/s1. The van der Waals surface area contributed by atoms with Gasteiger partial charge in [0.25, 0.3) is 0 Å². The molecule has 4 heteroatoms. The lowest BCUT2D eigenvalue weighted by molar-refractivity contribution is -0.153. The first-order chi connectivity index (χ1) is 8.94. The minimum atomic E-state index is -0.889. The summed E-state index contributed by atoms with van der Waals surface area (Å²) in [6.45, 7) is 11.8. The molecule has 0 aliphatic heterocycles. The summed E-state index contributed by atoms with van der Waals surface area (Å²) in [4.78, 5) is 16.1. The number of fused-ring (bicyclic) bond motifs is 2. The SMILES string of the molecule is CC(C)(C)OC(=O)C/N=C1/CC2CC(C2(C)C)[C@@]1(C)O. The molecule has 3 atom stereocenters. The van der Waals surface area contributed by atoms with E-state index in [9.17, 15) is 9.90 Å². The van der Waals surface area contributed by atoms with Crippen LogP contribution in [-0.2, 0) is 9.53 Å². The molecule has 20 heavy (non-hydrogen) atoms. The predicted molar refractivity (Wildman–Crippen MR) is 78.8 cm³/mol. The summed E-state index contributed by atoms with van der Waals surface area (Å²) in [5, 5.41) is 10.7. The van der Waals surface area contributed by atoms with Crippen LogP contribution in [-0.4, -0.2) is 34.5 Å². The molecule has 0 aromatic carbocycles. The summed E-state index contributed by atoms with van der Waals surface area (Å²) in [7, 11) is 0. The Bertz CT molecular complexity index is 443. The van der Waals surface area contributed by atoms with E-state index >= 15 is 0 Å². The molecule has 4 nitrogen and oxygen atoms in total. The maximum Gasteiger partial charge on any atom is 0.328 e. The van der Waals surface area contributed by atoms with E-state index in [1.807, 2.05) is 27.7 Å². The van der Waals surface area contributed by atoms with Crippen LogP contribution in [0, 0.1) is 17.3 Å². The zero-order valence-electron chi connectivity index (χ0n) is 13.5. The van der Waals surface area contributed by atoms with Gasteiger partial charge >= 0.3 is 5.97 Å². The van der Waals surface area contributed by atoms with Crippen molar-refractivity contribution in [2.24, 2.45) is 22.2 Å². The second-order valence-corrected chi connectivity index (χ2v) is 8.01. The molecule has 3 aliphatic rings. The molecule has 2 unspecified atom stereocenters. The number of ether oxygens (including phenoxy) is 1. The first kappa shape index (κ1) is 15.5. The molecule has 0 aromatic rings. The van der Waals surface area contributed by atoms with Crippen molar-refractivity contribution >= 4 is 11.7 Å². The lowest BCUT2D eigenvalue weighted by Gasteiger charge is -2.62. The van der Waals surface area contributed by atoms with E-state index in [4.69, 9.17) is 4.74 Å². The number of hydrogen-bond acceptors (Lipinski definition) is 4. The van der Waals surface area contributed by atoms with Gasteiger partial charge in [-0.2, -0.15) is 0 Å². The molecule has 0 radical (unpaired) electrons. The largest absolute Gasteiger partial charge is 0.459 e. The average molecular weight is 281 g/mol. The highest BCUT2D eigenvalue weighted by Crippen LogP contribution is 2.61. The van der Waals surface area contributed by atoms with Gasteiger partial charge in [-0.1, -0.05) is 13.8 Å². The van der Waals surface area contributed by atoms with Crippen LogP contribution < -0.4 is 0 Å². The summed E-state index contributed by atoms with van der Waals surface area (Å²) in [5.74, 6) is 0.482. The zero-order chi connectivity index (χ0) is 15.3. The van der Waals surface area contributed by atoms with E-state index in [1.165, 1.54) is 0 Å². The topological polar surface area (TPSA) is 58.9 Å². The van der Waals surface area contributed by atoms with Crippen LogP contribution in [0.15, 0.2) is 4.99 Å². The van der Waals surface area contributed by atoms with Crippen molar-refractivity contribution < 1.29 is 14.6 Å². The number of aliphatic imine (C=N–C) groups is 1. The number of carbonyl (C=O) groups excluding carboxylic acids is 1. The molecule has 114 valence electrons. The van der Waals surface area contributed by atoms with Gasteiger partial charge in [0.2, 0.25) is 0 Å². The van der Waals surface area contributed by atoms with Gasteiger partial charge in [0.05, 0.1) is 0 Å². The minimum Gasteiger partial charge on any atom is -0.459 e. The van der Waals surface area contributed by atoms with Crippen LogP contribution in [0.3, 0.4) is 0 Å². The summed E-state index contributed by atoms with van der Waals surface area (Å²) < 4.78 is 5.25. The molecule has 3 fully saturated rings. The first-order valence-corrected chi connectivity index (χ1v) is 7.42. The van der Waals surface area contributed by atoms with Crippen molar-refractivity contribution in [1.82, 2.24) is 0 Å². The normalized spacial score (nSPS) is 37.5. The van der Waals surface area contributed by atoms with E-state index < -0.39 is 11.2 Å².